The molecule has 0 saturated carbocycles. The van der Waals surface area contributed by atoms with Gasteiger partial charge in [0, 0.05) is 7.11 Å². The van der Waals surface area contributed by atoms with Crippen LogP contribution >= 0.6 is 0 Å². The minimum Gasteiger partial charge on any atom is -0.479 e. The summed E-state index contributed by atoms with van der Waals surface area (Å²) in [7, 11) is 1.22. The van der Waals surface area contributed by atoms with Gasteiger partial charge >= 0.3 is 12.0 Å². The van der Waals surface area contributed by atoms with Gasteiger partial charge in [-0.05, 0) is 37.3 Å². The fourth-order valence-corrected chi connectivity index (χ4v) is 3.99. The minimum absolute atomic E-state index is 0.0330. The largest absolute Gasteiger partial charge is 0.479 e. The molecule has 8 nitrogen and oxygen atoms in total. The molecule has 0 fully saturated rings. The number of aliphatic carboxylic acids is 1. The first-order valence-electron chi connectivity index (χ1n) is 11.6. The van der Waals surface area contributed by atoms with E-state index in [1.807, 2.05) is 74.5 Å². The number of benzene rings is 2. The van der Waals surface area contributed by atoms with E-state index in [9.17, 15) is 24.6 Å². The Morgan fingerprint density at radius 1 is 0.971 bits per heavy atom. The number of hydrogen-bond donors (Lipinski definition) is 3. The number of imide groups is 1. The number of nitrogens with one attached hydrogen (secondary N) is 1. The number of nitrogens with zero attached hydrogens (tertiary/aromatic N) is 1. The predicted octanol–water partition coefficient (Wildman–Crippen LogP) is 3.85. The first-order valence-corrected chi connectivity index (χ1v) is 11.6. The van der Waals surface area contributed by atoms with E-state index in [1.54, 1.807) is 0 Å². The van der Waals surface area contributed by atoms with Crippen LogP contribution in [0.5, 0.6) is 0 Å². The molecule has 0 aliphatic rings. The van der Waals surface area contributed by atoms with Gasteiger partial charge in [0.05, 0.1) is 24.1 Å². The van der Waals surface area contributed by atoms with Crippen molar-refractivity contribution in [3.63, 3.8) is 0 Å². The highest BCUT2D eigenvalue weighted by Crippen LogP contribution is 2.25. The zero-order valence-corrected chi connectivity index (χ0v) is 21.0. The number of carboxylic acid groups (broad SMARTS) is 1. The van der Waals surface area contributed by atoms with Crippen LogP contribution in [0.3, 0.4) is 0 Å². The molecule has 0 saturated heterocycles. The van der Waals surface area contributed by atoms with E-state index in [4.69, 9.17) is 4.74 Å². The summed E-state index contributed by atoms with van der Waals surface area (Å²) in [5, 5.41) is 23.1. The van der Waals surface area contributed by atoms with E-state index < -0.39 is 41.6 Å². The lowest BCUT2D eigenvalue weighted by atomic mass is 9.90. The molecule has 3 N–H and O–H groups in total. The standard InChI is InChI=1S/C27H36N2O6/c1-18(2)16-21(23(35-5)25(31)32)24(30)29(17-27(3,4)34)26(33)28-22(19-12-8-6-9-13-19)20-14-10-7-11-15-20/h6-15,18,21-23,34H,16-17H2,1-5H3,(H,28,33)(H,31,32)/t21-,23+/m1/s1. The maximum Gasteiger partial charge on any atom is 0.333 e. The van der Waals surface area contributed by atoms with E-state index in [1.165, 1.54) is 21.0 Å². The molecule has 35 heavy (non-hydrogen) atoms. The molecule has 2 aromatic rings. The Hall–Kier alpha value is -3.23. The molecule has 0 unspecified atom stereocenters. The van der Waals surface area contributed by atoms with Crippen LogP contribution < -0.4 is 5.32 Å². The number of carbonyl (C=O) groups excluding carboxylic acids is 2. The smallest absolute Gasteiger partial charge is 0.333 e. The SMILES string of the molecule is CO[C@H](C(=O)O)[C@@H](CC(C)C)C(=O)N(CC(C)(C)O)C(=O)NC(c1ccccc1)c1ccccc1. The highest BCUT2D eigenvalue weighted by molar-refractivity contribution is 5.98. The van der Waals surface area contributed by atoms with Crippen LogP contribution in [0.4, 0.5) is 4.79 Å². The van der Waals surface area contributed by atoms with Crippen molar-refractivity contribution in [1.82, 2.24) is 10.2 Å². The van der Waals surface area contributed by atoms with Crippen molar-refractivity contribution < 1.29 is 29.3 Å². The lowest BCUT2D eigenvalue weighted by Crippen LogP contribution is -2.55. The van der Waals surface area contributed by atoms with E-state index in [0.29, 0.717) is 0 Å². The number of carboxylic acids is 1. The monoisotopic (exact) mass is 484 g/mol. The number of carbonyl (C=O) groups is 3. The Bertz CT molecular complexity index is 933. The van der Waals surface area contributed by atoms with Gasteiger partial charge in [-0.1, -0.05) is 74.5 Å². The summed E-state index contributed by atoms with van der Waals surface area (Å²) < 4.78 is 5.13. The zero-order chi connectivity index (χ0) is 26.2. The third-order valence-corrected chi connectivity index (χ3v) is 5.50. The van der Waals surface area contributed by atoms with E-state index in [2.05, 4.69) is 5.32 Å². The van der Waals surface area contributed by atoms with Crippen molar-refractivity contribution in [2.45, 2.75) is 51.9 Å². The first-order chi connectivity index (χ1) is 16.4. The van der Waals surface area contributed by atoms with Crippen LogP contribution in [0.25, 0.3) is 0 Å². The zero-order valence-electron chi connectivity index (χ0n) is 21.0. The van der Waals surface area contributed by atoms with Gasteiger partial charge in [-0.25, -0.2) is 9.59 Å². The Kier molecular flexibility index (Phi) is 9.98. The predicted molar refractivity (Wildman–Crippen MR) is 133 cm³/mol. The maximum atomic E-state index is 13.7. The number of methoxy groups -OCH3 is 1. The number of hydrogen-bond acceptors (Lipinski definition) is 5. The highest BCUT2D eigenvalue weighted by atomic mass is 16.5. The summed E-state index contributed by atoms with van der Waals surface area (Å²) >= 11 is 0. The van der Waals surface area contributed by atoms with Gasteiger partial charge in [0.2, 0.25) is 5.91 Å². The highest BCUT2D eigenvalue weighted by Gasteiger charge is 2.40. The maximum absolute atomic E-state index is 13.7. The lowest BCUT2D eigenvalue weighted by Gasteiger charge is -2.34. The third-order valence-electron chi connectivity index (χ3n) is 5.50. The normalized spacial score (nSPS) is 13.4. The molecular weight excluding hydrogens is 448 g/mol. The second-order valence-corrected chi connectivity index (χ2v) is 9.67. The van der Waals surface area contributed by atoms with Crippen molar-refractivity contribution in [1.29, 1.82) is 0 Å². The fourth-order valence-electron chi connectivity index (χ4n) is 3.99. The average Bonchev–Trinajstić information content (AvgIpc) is 2.80. The van der Waals surface area contributed by atoms with Crippen LogP contribution in [0.1, 0.15) is 51.3 Å². The van der Waals surface area contributed by atoms with Crippen molar-refractivity contribution in [3.05, 3.63) is 71.8 Å². The Labute approximate surface area is 206 Å². The Morgan fingerprint density at radius 2 is 1.46 bits per heavy atom. The molecule has 2 aromatic carbocycles. The molecule has 0 aliphatic heterocycles. The summed E-state index contributed by atoms with van der Waals surface area (Å²) in [5.74, 6) is -3.15. The second-order valence-electron chi connectivity index (χ2n) is 9.67. The summed E-state index contributed by atoms with van der Waals surface area (Å²) in [6.45, 7) is 6.36. The topological polar surface area (TPSA) is 116 Å². The van der Waals surface area contributed by atoms with Crippen LogP contribution in [0, 0.1) is 11.8 Å². The number of urea groups is 1. The summed E-state index contributed by atoms with van der Waals surface area (Å²) in [5.41, 5.74) is 0.208. The first kappa shape index (κ1) is 28.0. The quantitative estimate of drug-likeness (QED) is 0.446. The molecule has 0 radical (unpaired) electrons. The third kappa shape index (κ3) is 8.19. The second kappa shape index (κ2) is 12.5. The van der Waals surface area contributed by atoms with Crippen LogP contribution in [-0.2, 0) is 14.3 Å². The van der Waals surface area contributed by atoms with Crippen LogP contribution in [-0.4, -0.2) is 58.4 Å². The molecular formula is C27H36N2O6. The van der Waals surface area contributed by atoms with Gasteiger partial charge in [-0.3, -0.25) is 9.69 Å². The molecule has 0 heterocycles. The van der Waals surface area contributed by atoms with Crippen molar-refractivity contribution in [3.8, 4) is 0 Å². The van der Waals surface area contributed by atoms with Crippen molar-refractivity contribution in [2.75, 3.05) is 13.7 Å². The fraction of sp³-hybridized carbons (Fsp3) is 0.444. The summed E-state index contributed by atoms with van der Waals surface area (Å²) in [4.78, 5) is 40.0. The van der Waals surface area contributed by atoms with Gasteiger partial charge < -0.3 is 20.3 Å². The van der Waals surface area contributed by atoms with Gasteiger partial charge in [0.25, 0.3) is 0 Å². The van der Waals surface area contributed by atoms with E-state index in [0.717, 1.165) is 16.0 Å². The average molecular weight is 485 g/mol. The molecule has 0 bridgehead atoms. The molecule has 0 aromatic heterocycles. The van der Waals surface area contributed by atoms with Crippen LogP contribution in [0.15, 0.2) is 60.7 Å². The Morgan fingerprint density at radius 3 is 1.83 bits per heavy atom. The van der Waals surface area contributed by atoms with E-state index in [-0.39, 0.29) is 18.9 Å². The number of rotatable bonds is 11. The summed E-state index contributed by atoms with van der Waals surface area (Å²) in [6.07, 6.45) is -1.24. The molecule has 190 valence electrons. The van der Waals surface area contributed by atoms with Gasteiger partial charge in [-0.2, -0.15) is 0 Å². The molecule has 2 rings (SSSR count). The number of aliphatic hydroxyl groups is 1. The summed E-state index contributed by atoms with van der Waals surface area (Å²) in [6, 6.07) is 17.3. The molecule has 8 heteroatoms. The Balaban J connectivity index is 2.47. The lowest BCUT2D eigenvalue weighted by molar-refractivity contribution is -0.159. The molecule has 0 aliphatic carbocycles. The number of amides is 3. The molecule has 3 amide bonds. The van der Waals surface area contributed by atoms with Crippen molar-refractivity contribution in [2.24, 2.45) is 11.8 Å². The van der Waals surface area contributed by atoms with Gasteiger partial charge in [0.15, 0.2) is 6.10 Å². The molecule has 2 atom stereocenters. The molecule has 0 spiro atoms. The van der Waals surface area contributed by atoms with Gasteiger partial charge in [0.1, 0.15) is 0 Å². The number of ether oxygens (including phenoxy) is 1. The van der Waals surface area contributed by atoms with Crippen LogP contribution in [0.2, 0.25) is 0 Å². The van der Waals surface area contributed by atoms with Crippen molar-refractivity contribution >= 4 is 17.9 Å². The van der Waals surface area contributed by atoms with Gasteiger partial charge in [-0.15, -0.1) is 0 Å². The minimum atomic E-state index is -1.43. The van der Waals surface area contributed by atoms with E-state index >= 15 is 0 Å².